The fourth-order valence-electron chi connectivity index (χ4n) is 2.72. The standard InChI is InChI=1S/C17H27N3O.HI/c1-4-18-17(20-15-7-5-6-8-15)19-12-14-10-9-13(2)16(11-14)21-3;/h9-11,15H,4-8,12H2,1-3H3,(H2,18,19,20);1H. The highest BCUT2D eigenvalue weighted by Gasteiger charge is 2.15. The van der Waals surface area contributed by atoms with Gasteiger partial charge in [-0.3, -0.25) is 0 Å². The van der Waals surface area contributed by atoms with E-state index in [1.807, 2.05) is 0 Å². The van der Waals surface area contributed by atoms with Crippen molar-refractivity contribution in [3.05, 3.63) is 29.3 Å². The summed E-state index contributed by atoms with van der Waals surface area (Å²) in [4.78, 5) is 4.69. The first-order valence-electron chi connectivity index (χ1n) is 7.91. The number of aryl methyl sites for hydroxylation is 1. The van der Waals surface area contributed by atoms with Gasteiger partial charge in [-0.05, 0) is 43.9 Å². The van der Waals surface area contributed by atoms with Crippen LogP contribution in [0.1, 0.15) is 43.7 Å². The Bertz CT molecular complexity index is 485. The second-order valence-corrected chi connectivity index (χ2v) is 5.62. The first-order chi connectivity index (χ1) is 10.2. The Kier molecular flexibility index (Phi) is 8.60. The summed E-state index contributed by atoms with van der Waals surface area (Å²) in [6.07, 6.45) is 5.16. The van der Waals surface area contributed by atoms with Crippen LogP contribution in [0.4, 0.5) is 0 Å². The number of hydrogen-bond acceptors (Lipinski definition) is 2. The van der Waals surface area contributed by atoms with E-state index < -0.39 is 0 Å². The highest BCUT2D eigenvalue weighted by molar-refractivity contribution is 14.0. The zero-order chi connectivity index (χ0) is 15.1. The summed E-state index contributed by atoms with van der Waals surface area (Å²) in [5, 5.41) is 6.86. The van der Waals surface area contributed by atoms with Gasteiger partial charge in [0.1, 0.15) is 5.75 Å². The van der Waals surface area contributed by atoms with Crippen molar-refractivity contribution in [1.29, 1.82) is 0 Å². The van der Waals surface area contributed by atoms with E-state index in [0.717, 1.165) is 23.8 Å². The molecule has 2 N–H and O–H groups in total. The summed E-state index contributed by atoms with van der Waals surface area (Å²) < 4.78 is 5.37. The number of rotatable bonds is 5. The molecule has 0 aliphatic heterocycles. The second-order valence-electron chi connectivity index (χ2n) is 5.62. The minimum atomic E-state index is 0. The topological polar surface area (TPSA) is 45.7 Å². The molecule has 0 bridgehead atoms. The van der Waals surface area contributed by atoms with E-state index in [1.54, 1.807) is 7.11 Å². The lowest BCUT2D eigenvalue weighted by molar-refractivity contribution is 0.411. The predicted octanol–water partition coefficient (Wildman–Crippen LogP) is 3.62. The highest BCUT2D eigenvalue weighted by atomic mass is 127. The van der Waals surface area contributed by atoms with Gasteiger partial charge in [0.05, 0.1) is 13.7 Å². The summed E-state index contributed by atoms with van der Waals surface area (Å²) >= 11 is 0. The monoisotopic (exact) mass is 417 g/mol. The molecule has 0 aromatic heterocycles. The molecule has 1 aliphatic rings. The molecule has 1 saturated carbocycles. The van der Waals surface area contributed by atoms with Crippen LogP contribution in [0.15, 0.2) is 23.2 Å². The minimum absolute atomic E-state index is 0. The minimum Gasteiger partial charge on any atom is -0.496 e. The van der Waals surface area contributed by atoms with Gasteiger partial charge in [-0.25, -0.2) is 4.99 Å². The molecule has 1 aromatic rings. The lowest BCUT2D eigenvalue weighted by Gasteiger charge is -2.16. The number of halogens is 1. The van der Waals surface area contributed by atoms with E-state index in [4.69, 9.17) is 9.73 Å². The van der Waals surface area contributed by atoms with Crippen LogP contribution in [0.3, 0.4) is 0 Å². The van der Waals surface area contributed by atoms with Gasteiger partial charge < -0.3 is 15.4 Å². The molecule has 0 amide bonds. The number of guanidine groups is 1. The van der Waals surface area contributed by atoms with Crippen LogP contribution in [0.2, 0.25) is 0 Å². The Morgan fingerprint density at radius 1 is 1.32 bits per heavy atom. The third-order valence-electron chi connectivity index (χ3n) is 3.93. The van der Waals surface area contributed by atoms with Crippen molar-refractivity contribution >= 4 is 29.9 Å². The number of hydrogen-bond donors (Lipinski definition) is 2. The molecule has 2 rings (SSSR count). The number of nitrogens with one attached hydrogen (secondary N) is 2. The van der Waals surface area contributed by atoms with Crippen LogP contribution in [0, 0.1) is 6.92 Å². The van der Waals surface area contributed by atoms with E-state index in [-0.39, 0.29) is 24.0 Å². The summed E-state index contributed by atoms with van der Waals surface area (Å²) in [6.45, 7) is 5.70. The van der Waals surface area contributed by atoms with Crippen molar-refractivity contribution in [2.75, 3.05) is 13.7 Å². The third kappa shape index (κ3) is 5.66. The molecule has 1 aliphatic carbocycles. The number of ether oxygens (including phenoxy) is 1. The van der Waals surface area contributed by atoms with Gasteiger partial charge >= 0.3 is 0 Å². The number of nitrogens with zero attached hydrogens (tertiary/aromatic N) is 1. The number of methoxy groups -OCH3 is 1. The molecule has 22 heavy (non-hydrogen) atoms. The lowest BCUT2D eigenvalue weighted by atomic mass is 10.1. The van der Waals surface area contributed by atoms with Crippen molar-refractivity contribution in [3.63, 3.8) is 0 Å². The van der Waals surface area contributed by atoms with Gasteiger partial charge in [-0.15, -0.1) is 24.0 Å². The van der Waals surface area contributed by atoms with Gasteiger partial charge in [-0.2, -0.15) is 0 Å². The van der Waals surface area contributed by atoms with Crippen LogP contribution in [-0.2, 0) is 6.54 Å². The molecule has 0 unspecified atom stereocenters. The average Bonchev–Trinajstić information content (AvgIpc) is 2.99. The van der Waals surface area contributed by atoms with E-state index in [2.05, 4.69) is 42.7 Å². The van der Waals surface area contributed by atoms with E-state index >= 15 is 0 Å². The van der Waals surface area contributed by atoms with Gasteiger partial charge in [0.25, 0.3) is 0 Å². The van der Waals surface area contributed by atoms with Crippen LogP contribution in [-0.4, -0.2) is 25.7 Å². The Morgan fingerprint density at radius 2 is 2.05 bits per heavy atom. The van der Waals surface area contributed by atoms with E-state index in [1.165, 1.54) is 31.2 Å². The second kappa shape index (κ2) is 9.92. The van der Waals surface area contributed by atoms with Gasteiger partial charge in [0, 0.05) is 12.6 Å². The molecule has 0 atom stereocenters. The van der Waals surface area contributed by atoms with Crippen LogP contribution >= 0.6 is 24.0 Å². The maximum Gasteiger partial charge on any atom is 0.191 e. The summed E-state index contributed by atoms with van der Waals surface area (Å²) in [7, 11) is 1.71. The summed E-state index contributed by atoms with van der Waals surface area (Å²) in [6, 6.07) is 6.84. The molecule has 5 heteroatoms. The van der Waals surface area contributed by atoms with Crippen LogP contribution in [0.5, 0.6) is 5.75 Å². The fourth-order valence-corrected chi connectivity index (χ4v) is 2.72. The van der Waals surface area contributed by atoms with Gasteiger partial charge in [0.2, 0.25) is 0 Å². The quantitative estimate of drug-likeness (QED) is 0.437. The van der Waals surface area contributed by atoms with Gasteiger partial charge in [-0.1, -0.05) is 25.0 Å². The van der Waals surface area contributed by atoms with E-state index in [0.29, 0.717) is 12.6 Å². The van der Waals surface area contributed by atoms with Crippen molar-refractivity contribution in [3.8, 4) is 5.75 Å². The molecule has 0 radical (unpaired) electrons. The lowest BCUT2D eigenvalue weighted by Crippen LogP contribution is -2.42. The first-order valence-corrected chi connectivity index (χ1v) is 7.91. The zero-order valence-electron chi connectivity index (χ0n) is 13.8. The number of aliphatic imine (C=N–C) groups is 1. The molecule has 4 nitrogen and oxygen atoms in total. The SMILES string of the molecule is CCNC(=NCc1ccc(C)c(OC)c1)NC1CCCC1.I. The van der Waals surface area contributed by atoms with Crippen LogP contribution < -0.4 is 15.4 Å². The number of benzene rings is 1. The normalized spacial score (nSPS) is 15.3. The zero-order valence-corrected chi connectivity index (χ0v) is 16.1. The smallest absolute Gasteiger partial charge is 0.191 e. The third-order valence-corrected chi connectivity index (χ3v) is 3.93. The molecule has 124 valence electrons. The Hall–Kier alpha value is -0.980. The highest BCUT2D eigenvalue weighted by Crippen LogP contribution is 2.20. The van der Waals surface area contributed by atoms with Crippen molar-refractivity contribution in [2.45, 2.75) is 52.1 Å². The summed E-state index contributed by atoms with van der Waals surface area (Å²) in [5.41, 5.74) is 2.32. The fraction of sp³-hybridized carbons (Fsp3) is 0.588. The molecule has 0 saturated heterocycles. The molecular weight excluding hydrogens is 389 g/mol. The van der Waals surface area contributed by atoms with Gasteiger partial charge in [0.15, 0.2) is 5.96 Å². The maximum atomic E-state index is 5.37. The largest absolute Gasteiger partial charge is 0.496 e. The predicted molar refractivity (Wildman–Crippen MR) is 103 cm³/mol. The molecule has 1 aromatic carbocycles. The molecule has 1 fully saturated rings. The molecule has 0 spiro atoms. The Labute approximate surface area is 151 Å². The molecule has 0 heterocycles. The van der Waals surface area contributed by atoms with Crippen molar-refractivity contribution in [2.24, 2.45) is 4.99 Å². The van der Waals surface area contributed by atoms with E-state index in [9.17, 15) is 0 Å². The Balaban J connectivity index is 0.00000242. The maximum absolute atomic E-state index is 5.37. The van der Waals surface area contributed by atoms with Crippen molar-refractivity contribution < 1.29 is 4.74 Å². The van der Waals surface area contributed by atoms with Crippen molar-refractivity contribution in [1.82, 2.24) is 10.6 Å². The average molecular weight is 417 g/mol. The van der Waals surface area contributed by atoms with Crippen LogP contribution in [0.25, 0.3) is 0 Å². The summed E-state index contributed by atoms with van der Waals surface area (Å²) in [5.74, 6) is 1.85. The molecular formula is C17H28IN3O. The Morgan fingerprint density at radius 3 is 2.68 bits per heavy atom. The first kappa shape index (κ1) is 19.1.